The van der Waals surface area contributed by atoms with Crippen molar-refractivity contribution in [1.82, 2.24) is 8.61 Å². The van der Waals surface area contributed by atoms with Gasteiger partial charge in [-0.15, -0.1) is 0 Å². The normalized spacial score (nSPS) is 22.9. The SMILES string of the molecule is COCC1CCCN(S(=O)(=O)N(CCc2ccccc2)C2CCCC2)C1. The summed E-state index contributed by atoms with van der Waals surface area (Å²) in [6.07, 6.45) is 6.99. The molecule has 1 aromatic rings. The van der Waals surface area contributed by atoms with E-state index in [9.17, 15) is 8.42 Å². The third-order valence-corrected chi connectivity index (χ3v) is 7.76. The maximum Gasteiger partial charge on any atom is 0.282 e. The van der Waals surface area contributed by atoms with Crippen molar-refractivity contribution in [1.29, 1.82) is 0 Å². The summed E-state index contributed by atoms with van der Waals surface area (Å²) in [5, 5.41) is 0. The maximum absolute atomic E-state index is 13.5. The van der Waals surface area contributed by atoms with Gasteiger partial charge in [-0.25, -0.2) is 0 Å². The smallest absolute Gasteiger partial charge is 0.282 e. The minimum Gasteiger partial charge on any atom is -0.384 e. The van der Waals surface area contributed by atoms with E-state index in [0.717, 1.165) is 44.9 Å². The Morgan fingerprint density at radius 2 is 1.85 bits per heavy atom. The van der Waals surface area contributed by atoms with Crippen molar-refractivity contribution in [3.8, 4) is 0 Å². The monoisotopic (exact) mass is 380 g/mol. The first kappa shape index (κ1) is 19.8. The van der Waals surface area contributed by atoms with Crippen molar-refractivity contribution < 1.29 is 13.2 Å². The van der Waals surface area contributed by atoms with Crippen molar-refractivity contribution in [2.24, 2.45) is 5.92 Å². The largest absolute Gasteiger partial charge is 0.384 e. The lowest BCUT2D eigenvalue weighted by molar-refractivity contribution is 0.115. The van der Waals surface area contributed by atoms with Crippen LogP contribution in [0.5, 0.6) is 0 Å². The fraction of sp³-hybridized carbons (Fsp3) is 0.700. The van der Waals surface area contributed by atoms with Gasteiger partial charge in [-0.05, 0) is 43.6 Å². The molecule has 3 rings (SSSR count). The van der Waals surface area contributed by atoms with Gasteiger partial charge in [0.2, 0.25) is 0 Å². The van der Waals surface area contributed by atoms with Gasteiger partial charge in [0.25, 0.3) is 10.2 Å². The Morgan fingerprint density at radius 3 is 2.54 bits per heavy atom. The van der Waals surface area contributed by atoms with Crippen molar-refractivity contribution in [2.75, 3.05) is 33.4 Å². The third kappa shape index (κ3) is 4.85. The molecule has 1 aliphatic heterocycles. The quantitative estimate of drug-likeness (QED) is 0.696. The molecule has 1 heterocycles. The van der Waals surface area contributed by atoms with Gasteiger partial charge in [-0.1, -0.05) is 43.2 Å². The number of rotatable bonds is 8. The predicted octanol–water partition coefficient (Wildman–Crippen LogP) is 3.08. The molecule has 1 atom stereocenters. The Kier molecular flexibility index (Phi) is 7.09. The maximum atomic E-state index is 13.5. The minimum absolute atomic E-state index is 0.159. The van der Waals surface area contributed by atoms with Crippen LogP contribution < -0.4 is 0 Å². The van der Waals surface area contributed by atoms with Crippen molar-refractivity contribution >= 4 is 10.2 Å². The summed E-state index contributed by atoms with van der Waals surface area (Å²) in [5.74, 6) is 0.308. The summed E-state index contributed by atoms with van der Waals surface area (Å²) in [5.41, 5.74) is 1.20. The average molecular weight is 381 g/mol. The van der Waals surface area contributed by atoms with Crippen LogP contribution in [0.2, 0.25) is 0 Å². The second kappa shape index (κ2) is 9.31. The summed E-state index contributed by atoms with van der Waals surface area (Å²) in [6, 6.07) is 10.3. The molecule has 146 valence electrons. The van der Waals surface area contributed by atoms with Gasteiger partial charge in [0.05, 0.1) is 6.61 Å². The highest BCUT2D eigenvalue weighted by Crippen LogP contribution is 2.29. The molecular weight excluding hydrogens is 348 g/mol. The molecule has 1 aliphatic carbocycles. The Morgan fingerprint density at radius 1 is 1.12 bits per heavy atom. The Bertz CT molecular complexity index is 642. The molecule has 0 aromatic heterocycles. The Balaban J connectivity index is 1.73. The highest BCUT2D eigenvalue weighted by atomic mass is 32.2. The van der Waals surface area contributed by atoms with E-state index < -0.39 is 10.2 Å². The molecule has 2 aliphatic rings. The van der Waals surface area contributed by atoms with Gasteiger partial charge in [-0.2, -0.15) is 17.0 Å². The van der Waals surface area contributed by atoms with E-state index in [1.807, 2.05) is 22.5 Å². The second-order valence-electron chi connectivity index (χ2n) is 7.61. The predicted molar refractivity (Wildman–Crippen MR) is 104 cm³/mol. The lowest BCUT2D eigenvalue weighted by Crippen LogP contribution is -2.51. The molecule has 1 saturated carbocycles. The number of nitrogens with zero attached hydrogens (tertiary/aromatic N) is 2. The molecule has 0 N–H and O–H groups in total. The van der Waals surface area contributed by atoms with Crippen LogP contribution in [-0.2, 0) is 21.4 Å². The average Bonchev–Trinajstić information content (AvgIpc) is 3.17. The first-order chi connectivity index (χ1) is 12.6. The number of methoxy groups -OCH3 is 1. The van der Waals surface area contributed by atoms with Crippen LogP contribution in [0.15, 0.2) is 30.3 Å². The Hall–Kier alpha value is -0.950. The second-order valence-corrected chi connectivity index (χ2v) is 9.50. The summed E-state index contributed by atoms with van der Waals surface area (Å²) in [6.45, 7) is 2.43. The molecule has 6 heteroatoms. The zero-order valence-corrected chi connectivity index (χ0v) is 16.7. The summed E-state index contributed by atoms with van der Waals surface area (Å²) < 4.78 is 35.7. The number of hydrogen-bond donors (Lipinski definition) is 0. The standard InChI is InChI=1S/C20H32N2O3S/c1-25-17-19-10-7-14-21(16-19)26(23,24)22(20-11-5-6-12-20)15-13-18-8-3-2-4-9-18/h2-4,8-9,19-20H,5-7,10-17H2,1H3. The van der Waals surface area contributed by atoms with Gasteiger partial charge < -0.3 is 4.74 Å². The molecule has 0 bridgehead atoms. The highest BCUT2D eigenvalue weighted by Gasteiger charge is 2.38. The van der Waals surface area contributed by atoms with Crippen LogP contribution in [0.25, 0.3) is 0 Å². The van der Waals surface area contributed by atoms with Gasteiger partial charge in [0, 0.05) is 32.8 Å². The van der Waals surface area contributed by atoms with E-state index >= 15 is 0 Å². The lowest BCUT2D eigenvalue weighted by atomic mass is 10.0. The molecular formula is C20H32N2O3S. The third-order valence-electron chi connectivity index (χ3n) is 5.70. The van der Waals surface area contributed by atoms with Gasteiger partial charge in [0.15, 0.2) is 0 Å². The van der Waals surface area contributed by atoms with Crippen molar-refractivity contribution in [3.63, 3.8) is 0 Å². The summed E-state index contributed by atoms with van der Waals surface area (Å²) >= 11 is 0. The molecule has 0 radical (unpaired) electrons. The zero-order chi connectivity index (χ0) is 18.4. The molecule has 5 nitrogen and oxygen atoms in total. The highest BCUT2D eigenvalue weighted by molar-refractivity contribution is 7.86. The van der Waals surface area contributed by atoms with Crippen molar-refractivity contribution in [2.45, 2.75) is 51.0 Å². The molecule has 0 amide bonds. The van der Waals surface area contributed by atoms with Gasteiger partial charge in [0.1, 0.15) is 0 Å². The Labute approximate surface area is 158 Å². The topological polar surface area (TPSA) is 49.9 Å². The number of ether oxygens (including phenoxy) is 1. The van der Waals surface area contributed by atoms with E-state index in [2.05, 4.69) is 12.1 Å². The van der Waals surface area contributed by atoms with Crippen LogP contribution in [0.1, 0.15) is 44.1 Å². The van der Waals surface area contributed by atoms with Crippen LogP contribution in [0.3, 0.4) is 0 Å². The van der Waals surface area contributed by atoms with E-state index in [1.165, 1.54) is 5.56 Å². The van der Waals surface area contributed by atoms with E-state index in [-0.39, 0.29) is 6.04 Å². The summed E-state index contributed by atoms with van der Waals surface area (Å²) in [7, 11) is -1.73. The number of piperidine rings is 1. The molecule has 1 unspecified atom stereocenters. The van der Waals surface area contributed by atoms with E-state index in [4.69, 9.17) is 4.74 Å². The zero-order valence-electron chi connectivity index (χ0n) is 15.8. The number of benzene rings is 1. The number of hydrogen-bond acceptors (Lipinski definition) is 3. The minimum atomic E-state index is -3.42. The van der Waals surface area contributed by atoms with Crippen molar-refractivity contribution in [3.05, 3.63) is 35.9 Å². The van der Waals surface area contributed by atoms with Gasteiger partial charge >= 0.3 is 0 Å². The van der Waals surface area contributed by atoms with Crippen LogP contribution in [-0.4, -0.2) is 56.4 Å². The molecule has 1 aromatic carbocycles. The first-order valence-corrected chi connectivity index (χ1v) is 11.3. The molecule has 1 saturated heterocycles. The molecule has 0 spiro atoms. The van der Waals surface area contributed by atoms with Crippen LogP contribution in [0.4, 0.5) is 0 Å². The molecule has 26 heavy (non-hydrogen) atoms. The fourth-order valence-corrected chi connectivity index (χ4v) is 6.28. The summed E-state index contributed by atoms with van der Waals surface area (Å²) in [4.78, 5) is 0. The van der Waals surface area contributed by atoms with Crippen LogP contribution in [0, 0.1) is 5.92 Å². The van der Waals surface area contributed by atoms with E-state index in [0.29, 0.717) is 32.2 Å². The van der Waals surface area contributed by atoms with Gasteiger partial charge in [-0.3, -0.25) is 0 Å². The van der Waals surface area contributed by atoms with Crippen LogP contribution >= 0.6 is 0 Å². The van der Waals surface area contributed by atoms with E-state index in [1.54, 1.807) is 11.4 Å². The lowest BCUT2D eigenvalue weighted by Gasteiger charge is -2.37. The fourth-order valence-electron chi connectivity index (χ4n) is 4.32. The molecule has 2 fully saturated rings. The first-order valence-electron chi connectivity index (χ1n) is 9.91.